The van der Waals surface area contributed by atoms with E-state index in [4.69, 9.17) is 9.72 Å². The van der Waals surface area contributed by atoms with Gasteiger partial charge in [-0.25, -0.2) is 4.98 Å². The summed E-state index contributed by atoms with van der Waals surface area (Å²) >= 11 is 0. The van der Waals surface area contributed by atoms with Gasteiger partial charge in [0.2, 0.25) is 0 Å². The number of anilines is 2. The number of aromatic nitrogens is 2. The van der Waals surface area contributed by atoms with E-state index in [1.165, 1.54) is 34.3 Å². The Labute approximate surface area is 152 Å². The number of para-hydroxylation sites is 1. The normalized spacial score (nSPS) is 24.5. The molecular formula is C21H22N4O. The zero-order valence-electron chi connectivity index (χ0n) is 14.7. The predicted octanol–water partition coefficient (Wildman–Crippen LogP) is 3.10. The smallest absolute Gasteiger partial charge is 0.128 e. The van der Waals surface area contributed by atoms with Crippen molar-refractivity contribution < 1.29 is 4.74 Å². The van der Waals surface area contributed by atoms with E-state index in [1.807, 2.05) is 6.20 Å². The Hall–Kier alpha value is -2.53. The van der Waals surface area contributed by atoms with E-state index >= 15 is 0 Å². The Kier molecular flexibility index (Phi) is 3.08. The predicted molar refractivity (Wildman–Crippen MR) is 103 cm³/mol. The van der Waals surface area contributed by atoms with Gasteiger partial charge in [-0.3, -0.25) is 0 Å². The van der Waals surface area contributed by atoms with Crippen LogP contribution in [0.15, 0.2) is 42.6 Å². The van der Waals surface area contributed by atoms with Crippen molar-refractivity contribution in [2.75, 3.05) is 29.4 Å². The molecule has 2 unspecified atom stereocenters. The van der Waals surface area contributed by atoms with Crippen molar-refractivity contribution in [1.82, 2.24) is 9.97 Å². The van der Waals surface area contributed by atoms with E-state index in [1.54, 1.807) is 0 Å². The second-order valence-electron chi connectivity index (χ2n) is 7.69. The minimum Gasteiger partial charge on any atom is -0.371 e. The molecule has 1 aromatic carbocycles. The van der Waals surface area contributed by atoms with Gasteiger partial charge in [0.25, 0.3) is 0 Å². The van der Waals surface area contributed by atoms with Crippen molar-refractivity contribution in [2.24, 2.45) is 0 Å². The van der Waals surface area contributed by atoms with Gasteiger partial charge in [-0.1, -0.05) is 18.2 Å². The molecule has 4 aliphatic heterocycles. The van der Waals surface area contributed by atoms with Crippen molar-refractivity contribution in [3.8, 4) is 0 Å². The number of benzene rings is 1. The Morgan fingerprint density at radius 2 is 1.88 bits per heavy atom. The van der Waals surface area contributed by atoms with Gasteiger partial charge in [-0.15, -0.1) is 0 Å². The first-order valence-electron chi connectivity index (χ1n) is 9.53. The van der Waals surface area contributed by atoms with Crippen molar-refractivity contribution in [3.63, 3.8) is 0 Å². The molecule has 0 aliphatic carbocycles. The topological polar surface area (TPSA) is 44.4 Å². The lowest BCUT2D eigenvalue weighted by Gasteiger charge is -2.47. The quantitative estimate of drug-likeness (QED) is 0.774. The summed E-state index contributed by atoms with van der Waals surface area (Å²) in [5.74, 6) is 1.08. The summed E-state index contributed by atoms with van der Waals surface area (Å²) < 4.78 is 5.72. The van der Waals surface area contributed by atoms with E-state index in [9.17, 15) is 0 Å². The molecular weight excluding hydrogens is 324 g/mol. The molecule has 2 aromatic heterocycles. The average Bonchev–Trinajstić information content (AvgIpc) is 3.05. The number of nitrogens with zero attached hydrogens (tertiary/aromatic N) is 3. The third-order valence-corrected chi connectivity index (χ3v) is 6.06. The average molecular weight is 346 g/mol. The van der Waals surface area contributed by atoms with E-state index in [-0.39, 0.29) is 0 Å². The largest absolute Gasteiger partial charge is 0.371 e. The third-order valence-electron chi connectivity index (χ3n) is 6.06. The number of H-pyrrole nitrogens is 1. The number of rotatable bonds is 2. The number of fused-ring (bicyclic) bond motifs is 5. The molecule has 0 spiro atoms. The summed E-state index contributed by atoms with van der Waals surface area (Å²) in [5.41, 5.74) is 5.28. The van der Waals surface area contributed by atoms with Crippen LogP contribution < -0.4 is 9.80 Å². The zero-order valence-corrected chi connectivity index (χ0v) is 14.7. The number of piperidine rings is 1. The van der Waals surface area contributed by atoms with Crippen LogP contribution >= 0.6 is 0 Å². The van der Waals surface area contributed by atoms with Gasteiger partial charge in [-0.05, 0) is 30.2 Å². The molecule has 5 heteroatoms. The van der Waals surface area contributed by atoms with Crippen molar-refractivity contribution in [3.05, 3.63) is 53.9 Å². The van der Waals surface area contributed by atoms with E-state index in [0.717, 1.165) is 38.4 Å². The fourth-order valence-electron chi connectivity index (χ4n) is 4.71. The van der Waals surface area contributed by atoms with Crippen LogP contribution in [0.5, 0.6) is 0 Å². The van der Waals surface area contributed by atoms with Crippen molar-refractivity contribution in [1.29, 1.82) is 0 Å². The van der Waals surface area contributed by atoms with Crippen molar-refractivity contribution in [2.45, 2.75) is 31.6 Å². The summed E-state index contributed by atoms with van der Waals surface area (Å²) in [6.45, 7) is 3.92. The summed E-state index contributed by atoms with van der Waals surface area (Å²) in [7, 11) is 0. The van der Waals surface area contributed by atoms with Gasteiger partial charge >= 0.3 is 0 Å². The number of hydrogen-bond acceptors (Lipinski definition) is 4. The van der Waals surface area contributed by atoms with Gasteiger partial charge in [0, 0.05) is 42.7 Å². The van der Waals surface area contributed by atoms with E-state index in [2.05, 4.69) is 51.2 Å². The molecule has 4 aliphatic rings. The zero-order chi connectivity index (χ0) is 17.1. The molecule has 3 fully saturated rings. The highest BCUT2D eigenvalue weighted by molar-refractivity contribution is 5.85. The monoisotopic (exact) mass is 346 g/mol. The lowest BCUT2D eigenvalue weighted by Crippen LogP contribution is -2.57. The highest BCUT2D eigenvalue weighted by Gasteiger charge is 2.38. The Morgan fingerprint density at radius 3 is 2.69 bits per heavy atom. The molecule has 3 aromatic rings. The molecule has 26 heavy (non-hydrogen) atoms. The Morgan fingerprint density at radius 1 is 1.04 bits per heavy atom. The fraction of sp³-hybridized carbons (Fsp3) is 0.381. The summed E-state index contributed by atoms with van der Waals surface area (Å²) in [6, 6.07) is 13.0. The van der Waals surface area contributed by atoms with Crippen LogP contribution in [0.4, 0.5) is 11.5 Å². The second kappa shape index (κ2) is 5.48. The summed E-state index contributed by atoms with van der Waals surface area (Å²) in [4.78, 5) is 13.1. The van der Waals surface area contributed by atoms with Crippen LogP contribution in [-0.4, -0.2) is 41.8 Å². The number of nitrogens with one attached hydrogen (secondary N) is 1. The van der Waals surface area contributed by atoms with Gasteiger partial charge < -0.3 is 19.5 Å². The molecule has 2 bridgehead atoms. The molecule has 0 saturated carbocycles. The van der Waals surface area contributed by atoms with Crippen LogP contribution in [-0.2, 0) is 17.7 Å². The number of pyridine rings is 1. The molecule has 132 valence electrons. The third kappa shape index (κ3) is 2.23. The van der Waals surface area contributed by atoms with Gasteiger partial charge in [0.1, 0.15) is 5.82 Å². The lowest BCUT2D eigenvalue weighted by molar-refractivity contribution is -0.133. The van der Waals surface area contributed by atoms with E-state index < -0.39 is 0 Å². The maximum absolute atomic E-state index is 5.72. The fourth-order valence-corrected chi connectivity index (χ4v) is 4.71. The standard InChI is InChI=1S/C21H22N4O/c1-2-4-19-17(3-1)18-7-8-24(13-20(18)23-19)14-5-6-21(22-10-14)25-11-15-9-16(12-25)26-15/h1-6,10,15-16,23H,7-9,11-13H2. The molecule has 1 N–H and O–H groups in total. The molecule has 2 atom stereocenters. The highest BCUT2D eigenvalue weighted by atomic mass is 16.5. The molecule has 6 heterocycles. The van der Waals surface area contributed by atoms with Crippen LogP contribution in [0.3, 0.4) is 0 Å². The van der Waals surface area contributed by atoms with Crippen LogP contribution in [0.2, 0.25) is 0 Å². The number of aromatic amines is 1. The maximum Gasteiger partial charge on any atom is 0.128 e. The van der Waals surface area contributed by atoms with Gasteiger partial charge in [0.05, 0.1) is 30.6 Å². The molecule has 3 saturated heterocycles. The number of hydrogen-bond donors (Lipinski definition) is 1. The maximum atomic E-state index is 5.72. The highest BCUT2D eigenvalue weighted by Crippen LogP contribution is 2.32. The lowest BCUT2D eigenvalue weighted by atomic mass is 9.99. The summed E-state index contributed by atoms with van der Waals surface area (Å²) in [5, 5.41) is 1.38. The number of morpholine rings is 1. The SMILES string of the molecule is c1ccc2c3c([nH]c2c1)CN(c1ccc(N2CC4CC(C2)O4)nc1)CC3. The minimum atomic E-state index is 0.415. The molecule has 7 rings (SSSR count). The van der Waals surface area contributed by atoms with Crippen LogP contribution in [0.25, 0.3) is 10.9 Å². The summed E-state index contributed by atoms with van der Waals surface area (Å²) in [6.07, 6.45) is 5.16. The Balaban J connectivity index is 1.23. The molecule has 0 radical (unpaired) electrons. The van der Waals surface area contributed by atoms with Crippen LogP contribution in [0, 0.1) is 0 Å². The minimum absolute atomic E-state index is 0.415. The second-order valence-corrected chi connectivity index (χ2v) is 7.69. The molecule has 0 amide bonds. The number of ether oxygens (including phenoxy) is 1. The Bertz CT molecular complexity index is 948. The first-order valence-corrected chi connectivity index (χ1v) is 9.53. The van der Waals surface area contributed by atoms with Gasteiger partial charge in [-0.2, -0.15) is 0 Å². The first kappa shape index (κ1) is 14.6. The first-order chi connectivity index (χ1) is 12.8. The van der Waals surface area contributed by atoms with Crippen LogP contribution in [0.1, 0.15) is 17.7 Å². The molecule has 5 nitrogen and oxygen atoms in total. The van der Waals surface area contributed by atoms with Gasteiger partial charge in [0.15, 0.2) is 0 Å². The van der Waals surface area contributed by atoms with E-state index in [0.29, 0.717) is 12.2 Å². The van der Waals surface area contributed by atoms with Crippen molar-refractivity contribution >= 4 is 22.4 Å².